The van der Waals surface area contributed by atoms with Crippen LogP contribution in [0.2, 0.25) is 0 Å². The molecule has 15 heavy (non-hydrogen) atoms. The highest BCUT2D eigenvalue weighted by molar-refractivity contribution is 7.80. The van der Waals surface area contributed by atoms with E-state index in [9.17, 15) is 0 Å². The first kappa shape index (κ1) is 12.0. The van der Waals surface area contributed by atoms with Crippen molar-refractivity contribution in [1.29, 1.82) is 0 Å². The van der Waals surface area contributed by atoms with Crippen LogP contribution in [0.4, 0.5) is 0 Å². The van der Waals surface area contributed by atoms with Gasteiger partial charge in [-0.3, -0.25) is 0 Å². The third-order valence-electron chi connectivity index (χ3n) is 2.21. The van der Waals surface area contributed by atoms with Crippen LogP contribution in [0, 0.1) is 6.92 Å². The molecule has 2 N–H and O–H groups in total. The first-order valence-corrected chi connectivity index (χ1v) is 5.59. The Kier molecular flexibility index (Phi) is 4.56. The molecule has 0 spiro atoms. The molecule has 0 saturated heterocycles. The van der Waals surface area contributed by atoms with Gasteiger partial charge in [0.2, 0.25) is 0 Å². The van der Waals surface area contributed by atoms with Gasteiger partial charge in [-0.1, -0.05) is 25.6 Å². The van der Waals surface area contributed by atoms with E-state index in [1.165, 1.54) is 0 Å². The lowest BCUT2D eigenvalue weighted by Crippen LogP contribution is -2.09. The second kappa shape index (κ2) is 5.71. The van der Waals surface area contributed by atoms with Crippen LogP contribution in [0.15, 0.2) is 18.2 Å². The summed E-state index contributed by atoms with van der Waals surface area (Å²) < 4.78 is 5.63. The zero-order valence-corrected chi connectivity index (χ0v) is 10.1. The second-order valence-electron chi connectivity index (χ2n) is 3.55. The van der Waals surface area contributed by atoms with Crippen molar-refractivity contribution in [2.75, 3.05) is 6.61 Å². The van der Waals surface area contributed by atoms with Crippen LogP contribution < -0.4 is 10.5 Å². The summed E-state index contributed by atoms with van der Waals surface area (Å²) in [5.41, 5.74) is 7.52. The van der Waals surface area contributed by atoms with Crippen molar-refractivity contribution in [2.45, 2.75) is 26.7 Å². The summed E-state index contributed by atoms with van der Waals surface area (Å²) in [6.45, 7) is 4.92. The van der Waals surface area contributed by atoms with Gasteiger partial charge in [0.1, 0.15) is 10.7 Å². The maximum atomic E-state index is 5.63. The van der Waals surface area contributed by atoms with Gasteiger partial charge in [0.05, 0.1) is 6.61 Å². The average molecular weight is 223 g/mol. The minimum absolute atomic E-state index is 0.429. The molecule has 0 bridgehead atoms. The fourth-order valence-corrected chi connectivity index (χ4v) is 1.42. The van der Waals surface area contributed by atoms with Crippen molar-refractivity contribution in [3.8, 4) is 5.75 Å². The van der Waals surface area contributed by atoms with Crippen LogP contribution in [0.25, 0.3) is 0 Å². The van der Waals surface area contributed by atoms with Crippen LogP contribution in [-0.4, -0.2) is 11.6 Å². The van der Waals surface area contributed by atoms with Crippen molar-refractivity contribution in [3.05, 3.63) is 29.3 Å². The Hall–Kier alpha value is -1.09. The first-order chi connectivity index (χ1) is 7.15. The molecule has 0 heterocycles. The van der Waals surface area contributed by atoms with Gasteiger partial charge >= 0.3 is 0 Å². The van der Waals surface area contributed by atoms with E-state index in [0.29, 0.717) is 4.99 Å². The van der Waals surface area contributed by atoms with Crippen molar-refractivity contribution in [2.24, 2.45) is 5.73 Å². The molecule has 1 aromatic carbocycles. The molecule has 0 saturated carbocycles. The quantitative estimate of drug-likeness (QED) is 0.616. The number of aryl methyl sites for hydroxylation is 1. The Labute approximate surface area is 96.4 Å². The zero-order valence-electron chi connectivity index (χ0n) is 9.25. The summed E-state index contributed by atoms with van der Waals surface area (Å²) >= 11 is 4.91. The Morgan fingerprint density at radius 3 is 2.73 bits per heavy atom. The van der Waals surface area contributed by atoms with E-state index < -0.39 is 0 Å². The summed E-state index contributed by atoms with van der Waals surface area (Å²) in [6, 6.07) is 5.79. The smallest absolute Gasteiger partial charge is 0.122 e. The molecule has 2 nitrogen and oxygen atoms in total. The normalized spacial score (nSPS) is 10.0. The zero-order chi connectivity index (χ0) is 11.3. The van der Waals surface area contributed by atoms with E-state index in [1.54, 1.807) is 0 Å². The van der Waals surface area contributed by atoms with E-state index in [0.717, 1.165) is 36.3 Å². The van der Waals surface area contributed by atoms with Gasteiger partial charge in [-0.2, -0.15) is 0 Å². The Morgan fingerprint density at radius 1 is 1.47 bits per heavy atom. The Bertz CT molecular complexity index is 349. The minimum atomic E-state index is 0.429. The molecule has 0 aliphatic carbocycles. The highest BCUT2D eigenvalue weighted by atomic mass is 32.1. The Morgan fingerprint density at radius 2 is 2.20 bits per heavy atom. The van der Waals surface area contributed by atoms with Crippen molar-refractivity contribution in [1.82, 2.24) is 0 Å². The van der Waals surface area contributed by atoms with Gasteiger partial charge in [-0.15, -0.1) is 0 Å². The molecular formula is C12H17NOS. The first-order valence-electron chi connectivity index (χ1n) is 5.18. The molecule has 0 aromatic heterocycles. The molecule has 0 aliphatic rings. The van der Waals surface area contributed by atoms with Crippen LogP contribution >= 0.6 is 12.2 Å². The van der Waals surface area contributed by atoms with E-state index >= 15 is 0 Å². The summed E-state index contributed by atoms with van der Waals surface area (Å²) in [7, 11) is 0. The van der Waals surface area contributed by atoms with Crippen LogP contribution in [0.5, 0.6) is 5.75 Å². The number of ether oxygens (including phenoxy) is 1. The summed E-state index contributed by atoms with van der Waals surface area (Å²) in [6.07, 6.45) is 2.22. The summed E-state index contributed by atoms with van der Waals surface area (Å²) in [4.78, 5) is 0.429. The summed E-state index contributed by atoms with van der Waals surface area (Å²) in [5.74, 6) is 0.920. The number of hydrogen-bond donors (Lipinski definition) is 1. The molecule has 82 valence electrons. The van der Waals surface area contributed by atoms with Gasteiger partial charge < -0.3 is 10.5 Å². The second-order valence-corrected chi connectivity index (χ2v) is 3.99. The van der Waals surface area contributed by atoms with E-state index in [4.69, 9.17) is 22.7 Å². The molecule has 0 amide bonds. The van der Waals surface area contributed by atoms with Gasteiger partial charge in [-0.05, 0) is 37.1 Å². The predicted octanol–water partition coefficient (Wildman–Crippen LogP) is 2.81. The molecule has 0 atom stereocenters. The monoisotopic (exact) mass is 223 g/mol. The Balaban J connectivity index is 2.70. The van der Waals surface area contributed by atoms with Crippen LogP contribution in [-0.2, 0) is 0 Å². The van der Waals surface area contributed by atoms with Gasteiger partial charge in [0.25, 0.3) is 0 Å². The standard InChI is InChI=1S/C12H17NOS/c1-3-4-7-14-11-6-5-10(12(13)15)8-9(11)2/h5-6,8H,3-4,7H2,1-2H3,(H2,13,15). The van der Waals surface area contributed by atoms with Crippen LogP contribution in [0.1, 0.15) is 30.9 Å². The van der Waals surface area contributed by atoms with E-state index in [1.807, 2.05) is 25.1 Å². The maximum absolute atomic E-state index is 5.63. The molecule has 0 unspecified atom stereocenters. The minimum Gasteiger partial charge on any atom is -0.493 e. The highest BCUT2D eigenvalue weighted by Crippen LogP contribution is 2.19. The predicted molar refractivity (Wildman–Crippen MR) is 67.5 cm³/mol. The number of thiocarbonyl (C=S) groups is 1. The van der Waals surface area contributed by atoms with Crippen molar-refractivity contribution in [3.63, 3.8) is 0 Å². The molecule has 3 heteroatoms. The third-order valence-corrected chi connectivity index (χ3v) is 2.45. The number of hydrogen-bond acceptors (Lipinski definition) is 2. The van der Waals surface area contributed by atoms with Gasteiger partial charge in [0, 0.05) is 5.56 Å². The molecule has 0 fully saturated rings. The highest BCUT2D eigenvalue weighted by Gasteiger charge is 2.02. The average Bonchev–Trinajstić information content (AvgIpc) is 2.20. The fraction of sp³-hybridized carbons (Fsp3) is 0.417. The van der Waals surface area contributed by atoms with Gasteiger partial charge in [-0.25, -0.2) is 0 Å². The van der Waals surface area contributed by atoms with E-state index in [-0.39, 0.29) is 0 Å². The number of nitrogens with two attached hydrogens (primary N) is 1. The fourth-order valence-electron chi connectivity index (χ4n) is 1.29. The lowest BCUT2D eigenvalue weighted by atomic mass is 10.1. The molecule has 1 rings (SSSR count). The number of benzene rings is 1. The topological polar surface area (TPSA) is 35.2 Å². The molecule has 0 aliphatic heterocycles. The maximum Gasteiger partial charge on any atom is 0.122 e. The molecule has 0 radical (unpaired) electrons. The summed E-state index contributed by atoms with van der Waals surface area (Å²) in [5, 5.41) is 0. The molecular weight excluding hydrogens is 206 g/mol. The van der Waals surface area contributed by atoms with Crippen molar-refractivity contribution >= 4 is 17.2 Å². The lowest BCUT2D eigenvalue weighted by molar-refractivity contribution is 0.307. The lowest BCUT2D eigenvalue weighted by Gasteiger charge is -2.09. The number of rotatable bonds is 5. The van der Waals surface area contributed by atoms with Gasteiger partial charge in [0.15, 0.2) is 0 Å². The third kappa shape index (κ3) is 3.51. The van der Waals surface area contributed by atoms with Crippen molar-refractivity contribution < 1.29 is 4.74 Å². The number of unbranched alkanes of at least 4 members (excludes halogenated alkanes) is 1. The van der Waals surface area contributed by atoms with Crippen LogP contribution in [0.3, 0.4) is 0 Å². The molecule has 1 aromatic rings. The SMILES string of the molecule is CCCCOc1ccc(C(N)=S)cc1C. The largest absolute Gasteiger partial charge is 0.493 e. The van der Waals surface area contributed by atoms with E-state index in [2.05, 4.69) is 6.92 Å².